The van der Waals surface area contributed by atoms with Gasteiger partial charge in [0, 0.05) is 33.2 Å². The van der Waals surface area contributed by atoms with Crippen LogP contribution in [0.4, 0.5) is 17.1 Å². The van der Waals surface area contributed by atoms with E-state index in [1.807, 2.05) is 0 Å². The van der Waals surface area contributed by atoms with Crippen LogP contribution in [0.25, 0.3) is 66.4 Å². The smallest absolute Gasteiger partial charge is 0.136 e. The van der Waals surface area contributed by atoms with E-state index in [1.165, 1.54) is 76.6 Å². The van der Waals surface area contributed by atoms with Gasteiger partial charge in [0.05, 0.1) is 0 Å². The maximum Gasteiger partial charge on any atom is 0.136 e. The molecule has 4 fully saturated rings. The fraction of sp³-hybridized carbons (Fsp3) is 0.172. The van der Waals surface area contributed by atoms with Crippen LogP contribution >= 0.6 is 0 Å². The van der Waals surface area contributed by atoms with Gasteiger partial charge in [-0.25, -0.2) is 0 Å². The number of anilines is 3. The second kappa shape index (κ2) is 13.2. The fourth-order valence-electron chi connectivity index (χ4n) is 12.8. The zero-order valence-corrected chi connectivity index (χ0v) is 33.6. The van der Waals surface area contributed by atoms with Gasteiger partial charge in [0.1, 0.15) is 11.2 Å². The Kier molecular flexibility index (Phi) is 7.52. The molecule has 2 nitrogen and oxygen atoms in total. The van der Waals surface area contributed by atoms with Crippen molar-refractivity contribution in [2.24, 2.45) is 23.7 Å². The second-order valence-electron chi connectivity index (χ2n) is 18.1. The predicted octanol–water partition coefficient (Wildman–Crippen LogP) is 15.8. The molecule has 60 heavy (non-hydrogen) atoms. The number of fused-ring (bicyclic) bond motifs is 6. The molecular formula is C58H45NO. The molecule has 0 aliphatic heterocycles. The molecule has 2 heteroatoms. The van der Waals surface area contributed by atoms with Crippen LogP contribution in [-0.4, -0.2) is 0 Å². The Labute approximate surface area is 351 Å². The topological polar surface area (TPSA) is 16.4 Å². The molecular weight excluding hydrogens is 727 g/mol. The number of rotatable bonds is 6. The van der Waals surface area contributed by atoms with Gasteiger partial charge >= 0.3 is 0 Å². The molecule has 288 valence electrons. The van der Waals surface area contributed by atoms with E-state index in [0.29, 0.717) is 0 Å². The van der Waals surface area contributed by atoms with Crippen LogP contribution in [0.2, 0.25) is 0 Å². The quantitative estimate of drug-likeness (QED) is 0.167. The highest BCUT2D eigenvalue weighted by Gasteiger charge is 2.62. The van der Waals surface area contributed by atoms with Crippen molar-refractivity contribution < 1.29 is 4.42 Å². The minimum absolute atomic E-state index is 0.107. The standard InChI is InChI=1S/C58H45NO/c1-3-10-39(11-4-1)41-18-23-46(24-19-41)59(47-25-20-42(21-26-47)40-12-5-2-6-13-40)48-27-29-55-53(36-48)51-28-22-43(35-56(51)60-55)49-15-9-16-52-50-14-7-8-17-54(50)58(57(49)52)44-31-37-30-38(33-44)34-45(58)32-37/h1-29,35-38,44-45H,30-34H2. The molecule has 0 radical (unpaired) electrons. The molecule has 0 unspecified atom stereocenters. The van der Waals surface area contributed by atoms with E-state index < -0.39 is 0 Å². The molecule has 0 amide bonds. The minimum atomic E-state index is 0.107. The molecule has 4 bridgehead atoms. The molecule has 1 aromatic heterocycles. The molecule has 14 rings (SSSR count). The molecule has 8 aromatic carbocycles. The summed E-state index contributed by atoms with van der Waals surface area (Å²) in [4.78, 5) is 2.37. The monoisotopic (exact) mass is 771 g/mol. The summed E-state index contributed by atoms with van der Waals surface area (Å²) in [5.41, 5.74) is 18.9. The van der Waals surface area contributed by atoms with Gasteiger partial charge in [0.2, 0.25) is 0 Å². The Morgan fingerprint density at radius 3 is 1.57 bits per heavy atom. The molecule has 4 saturated carbocycles. The Balaban J connectivity index is 0.922. The summed E-state index contributed by atoms with van der Waals surface area (Å²) in [5, 5.41) is 2.28. The molecule has 9 aromatic rings. The van der Waals surface area contributed by atoms with Gasteiger partial charge in [0.25, 0.3) is 0 Å². The van der Waals surface area contributed by atoms with E-state index in [9.17, 15) is 0 Å². The zero-order valence-electron chi connectivity index (χ0n) is 33.6. The Morgan fingerprint density at radius 2 is 0.917 bits per heavy atom. The fourth-order valence-corrected chi connectivity index (χ4v) is 12.8. The van der Waals surface area contributed by atoms with Crippen LogP contribution in [0.3, 0.4) is 0 Å². The summed E-state index contributed by atoms with van der Waals surface area (Å²) in [6.07, 6.45) is 6.98. The average Bonchev–Trinajstić information content (AvgIpc) is 3.82. The summed E-state index contributed by atoms with van der Waals surface area (Å²) in [5.74, 6) is 3.27. The molecule has 0 N–H and O–H groups in total. The maximum atomic E-state index is 6.78. The zero-order chi connectivity index (χ0) is 39.4. The van der Waals surface area contributed by atoms with Crippen LogP contribution in [0.15, 0.2) is 192 Å². The van der Waals surface area contributed by atoms with Crippen LogP contribution in [0.1, 0.15) is 43.2 Å². The summed E-state index contributed by atoms with van der Waals surface area (Å²) in [6.45, 7) is 0. The van der Waals surface area contributed by atoms with E-state index in [-0.39, 0.29) is 5.41 Å². The van der Waals surface area contributed by atoms with Crippen LogP contribution in [0, 0.1) is 23.7 Å². The first-order valence-electron chi connectivity index (χ1n) is 22.0. The normalized spacial score (nSPS) is 22.1. The summed E-state index contributed by atoms with van der Waals surface area (Å²) in [6, 6.07) is 69.4. The highest BCUT2D eigenvalue weighted by Crippen LogP contribution is 2.70. The van der Waals surface area contributed by atoms with Gasteiger partial charge in [-0.3, -0.25) is 0 Å². The molecule has 1 heterocycles. The summed E-state index contributed by atoms with van der Waals surface area (Å²) in [7, 11) is 0. The van der Waals surface area contributed by atoms with Gasteiger partial charge in [-0.05, 0) is 166 Å². The van der Waals surface area contributed by atoms with E-state index in [1.54, 1.807) is 11.1 Å². The van der Waals surface area contributed by atoms with Gasteiger partial charge in [-0.15, -0.1) is 0 Å². The number of furan rings is 1. The lowest BCUT2D eigenvalue weighted by atomic mass is 9.42. The lowest BCUT2D eigenvalue weighted by molar-refractivity contribution is -0.0397. The maximum absolute atomic E-state index is 6.78. The minimum Gasteiger partial charge on any atom is -0.456 e. The Hall–Kier alpha value is -6.64. The van der Waals surface area contributed by atoms with E-state index >= 15 is 0 Å². The lowest BCUT2D eigenvalue weighted by Crippen LogP contribution is -2.55. The van der Waals surface area contributed by atoms with E-state index in [0.717, 1.165) is 62.7 Å². The van der Waals surface area contributed by atoms with Crippen molar-refractivity contribution in [2.75, 3.05) is 4.90 Å². The van der Waals surface area contributed by atoms with Crippen molar-refractivity contribution in [1.82, 2.24) is 0 Å². The number of hydrogen-bond acceptors (Lipinski definition) is 2. The average molecular weight is 772 g/mol. The number of hydrogen-bond donors (Lipinski definition) is 0. The molecule has 0 atom stereocenters. The van der Waals surface area contributed by atoms with E-state index in [4.69, 9.17) is 4.42 Å². The molecule has 5 aliphatic rings. The van der Waals surface area contributed by atoms with Crippen LogP contribution < -0.4 is 4.90 Å². The second-order valence-corrected chi connectivity index (χ2v) is 18.1. The van der Waals surface area contributed by atoms with Crippen LogP contribution in [0.5, 0.6) is 0 Å². The van der Waals surface area contributed by atoms with Crippen molar-refractivity contribution in [3.8, 4) is 44.5 Å². The van der Waals surface area contributed by atoms with Crippen molar-refractivity contribution in [2.45, 2.75) is 37.5 Å². The van der Waals surface area contributed by atoms with Gasteiger partial charge in [0.15, 0.2) is 0 Å². The third-order valence-electron chi connectivity index (χ3n) is 15.1. The number of benzene rings is 8. The van der Waals surface area contributed by atoms with E-state index in [2.05, 4.69) is 193 Å². The van der Waals surface area contributed by atoms with Gasteiger partial charge in [-0.1, -0.05) is 133 Å². The predicted molar refractivity (Wildman–Crippen MR) is 248 cm³/mol. The summed E-state index contributed by atoms with van der Waals surface area (Å²) < 4.78 is 6.78. The van der Waals surface area contributed by atoms with Crippen molar-refractivity contribution in [1.29, 1.82) is 0 Å². The van der Waals surface area contributed by atoms with Crippen molar-refractivity contribution >= 4 is 39.0 Å². The van der Waals surface area contributed by atoms with Crippen molar-refractivity contribution in [3.63, 3.8) is 0 Å². The SMILES string of the molecule is c1ccc(-c2ccc(N(c3ccc(-c4ccccc4)cc3)c3ccc4oc5cc(-c6cccc7c6C6(c8ccccc8-7)C7CC8CC(C7)CC6C8)ccc5c4c3)cc2)cc1. The Bertz CT molecular complexity index is 2970. The van der Waals surface area contributed by atoms with Gasteiger partial charge < -0.3 is 9.32 Å². The highest BCUT2D eigenvalue weighted by atomic mass is 16.3. The highest BCUT2D eigenvalue weighted by molar-refractivity contribution is 6.08. The molecule has 1 spiro atoms. The Morgan fingerprint density at radius 1 is 0.383 bits per heavy atom. The lowest BCUT2D eigenvalue weighted by Gasteiger charge is -2.61. The van der Waals surface area contributed by atoms with Crippen molar-refractivity contribution in [3.05, 3.63) is 199 Å². The number of nitrogens with zero attached hydrogens (tertiary/aromatic N) is 1. The third-order valence-corrected chi connectivity index (χ3v) is 15.1. The van der Waals surface area contributed by atoms with Gasteiger partial charge in [-0.2, -0.15) is 0 Å². The first kappa shape index (κ1) is 34.2. The molecule has 0 saturated heterocycles. The largest absolute Gasteiger partial charge is 0.456 e. The first-order valence-corrected chi connectivity index (χ1v) is 22.0. The third kappa shape index (κ3) is 5.07. The first-order chi connectivity index (χ1) is 29.7. The summed E-state index contributed by atoms with van der Waals surface area (Å²) >= 11 is 0. The van der Waals surface area contributed by atoms with Crippen LogP contribution in [-0.2, 0) is 5.41 Å². The molecule has 5 aliphatic carbocycles.